The number of hydrogen-bond acceptors (Lipinski definition) is 3. The molecule has 0 aromatic heterocycles. The molecule has 2 nitrogen and oxygen atoms in total. The predicted molar refractivity (Wildman–Crippen MR) is 52.3 cm³/mol. The highest BCUT2D eigenvalue weighted by Crippen LogP contribution is 2.41. The topological polar surface area (TPSA) is 32.3 Å². The molecule has 1 saturated carbocycles. The molecule has 1 spiro atoms. The first-order chi connectivity index (χ1) is 5.85. The molecule has 70 valence electrons. The Bertz CT molecular complexity index is 157. The van der Waals surface area contributed by atoms with E-state index < -0.39 is 0 Å². The SMILES string of the molecule is OC[C@H]1CSC2(CCCCC2)N1. The second kappa shape index (κ2) is 3.56. The molecule has 12 heavy (non-hydrogen) atoms. The Morgan fingerprint density at radius 3 is 2.67 bits per heavy atom. The van der Waals surface area contributed by atoms with Crippen molar-refractivity contribution in [2.45, 2.75) is 43.0 Å². The van der Waals surface area contributed by atoms with E-state index in [1.807, 2.05) is 11.8 Å². The zero-order valence-electron chi connectivity index (χ0n) is 7.38. The minimum Gasteiger partial charge on any atom is -0.395 e. The lowest BCUT2D eigenvalue weighted by molar-refractivity contribution is 0.231. The predicted octanol–water partition coefficient (Wildman–Crippen LogP) is 1.34. The molecule has 1 saturated heterocycles. The van der Waals surface area contributed by atoms with E-state index >= 15 is 0 Å². The van der Waals surface area contributed by atoms with E-state index in [2.05, 4.69) is 5.32 Å². The average molecular weight is 187 g/mol. The number of thioether (sulfide) groups is 1. The Hall–Kier alpha value is 0.270. The summed E-state index contributed by atoms with van der Waals surface area (Å²) in [6.07, 6.45) is 6.71. The zero-order valence-corrected chi connectivity index (χ0v) is 8.20. The number of rotatable bonds is 1. The van der Waals surface area contributed by atoms with Crippen LogP contribution in [0.1, 0.15) is 32.1 Å². The maximum Gasteiger partial charge on any atom is 0.0648 e. The minimum atomic E-state index is 0.300. The van der Waals surface area contributed by atoms with Gasteiger partial charge in [-0.3, -0.25) is 5.32 Å². The first-order valence-corrected chi connectivity index (χ1v) is 5.86. The fourth-order valence-electron chi connectivity index (χ4n) is 2.23. The number of aliphatic hydroxyl groups is 1. The first kappa shape index (κ1) is 8.85. The van der Waals surface area contributed by atoms with Crippen molar-refractivity contribution in [2.75, 3.05) is 12.4 Å². The largest absolute Gasteiger partial charge is 0.395 e. The van der Waals surface area contributed by atoms with Gasteiger partial charge in [0, 0.05) is 11.8 Å². The lowest BCUT2D eigenvalue weighted by atomic mass is 9.94. The van der Waals surface area contributed by atoms with Gasteiger partial charge in [0.15, 0.2) is 0 Å². The molecule has 2 N–H and O–H groups in total. The normalized spacial score (nSPS) is 34.2. The van der Waals surface area contributed by atoms with Gasteiger partial charge in [0.25, 0.3) is 0 Å². The van der Waals surface area contributed by atoms with Gasteiger partial charge < -0.3 is 5.11 Å². The summed E-state index contributed by atoms with van der Waals surface area (Å²) in [5.41, 5.74) is 0. The maximum absolute atomic E-state index is 9.00. The van der Waals surface area contributed by atoms with E-state index in [1.54, 1.807) is 0 Å². The minimum absolute atomic E-state index is 0.300. The summed E-state index contributed by atoms with van der Waals surface area (Å²) in [5, 5.41) is 12.6. The maximum atomic E-state index is 9.00. The van der Waals surface area contributed by atoms with Gasteiger partial charge in [0.1, 0.15) is 0 Å². The van der Waals surface area contributed by atoms with Gasteiger partial charge in [-0.1, -0.05) is 19.3 Å². The van der Waals surface area contributed by atoms with Crippen LogP contribution < -0.4 is 5.32 Å². The monoisotopic (exact) mass is 187 g/mol. The number of hydrogen-bond donors (Lipinski definition) is 2. The van der Waals surface area contributed by atoms with Crippen LogP contribution in [0, 0.1) is 0 Å². The molecule has 1 atom stereocenters. The first-order valence-electron chi connectivity index (χ1n) is 4.87. The standard InChI is InChI=1S/C9H17NOS/c11-6-8-7-12-9(10-8)4-2-1-3-5-9/h8,10-11H,1-7H2/t8-/m0/s1. The summed E-state index contributed by atoms with van der Waals surface area (Å²) < 4.78 is 0. The second-order valence-electron chi connectivity index (χ2n) is 3.89. The highest BCUT2D eigenvalue weighted by atomic mass is 32.2. The van der Waals surface area contributed by atoms with Crippen LogP contribution in [-0.2, 0) is 0 Å². The summed E-state index contributed by atoms with van der Waals surface area (Å²) in [5.74, 6) is 1.09. The van der Waals surface area contributed by atoms with Gasteiger partial charge in [0.05, 0.1) is 11.5 Å². The lowest BCUT2D eigenvalue weighted by Gasteiger charge is -2.33. The highest BCUT2D eigenvalue weighted by molar-refractivity contribution is 8.00. The summed E-state index contributed by atoms with van der Waals surface area (Å²) in [7, 11) is 0. The van der Waals surface area contributed by atoms with Gasteiger partial charge in [-0.2, -0.15) is 0 Å². The Morgan fingerprint density at radius 1 is 1.33 bits per heavy atom. The van der Waals surface area contributed by atoms with Crippen LogP contribution >= 0.6 is 11.8 Å². The van der Waals surface area contributed by atoms with Gasteiger partial charge in [-0.05, 0) is 12.8 Å². The zero-order chi connectivity index (χ0) is 8.44. The van der Waals surface area contributed by atoms with Gasteiger partial charge >= 0.3 is 0 Å². The van der Waals surface area contributed by atoms with Crippen LogP contribution in [0.25, 0.3) is 0 Å². The molecule has 2 fully saturated rings. The van der Waals surface area contributed by atoms with E-state index in [4.69, 9.17) is 5.11 Å². The molecule has 1 heterocycles. The molecule has 1 aliphatic carbocycles. The number of nitrogens with one attached hydrogen (secondary N) is 1. The Balaban J connectivity index is 1.94. The third-order valence-electron chi connectivity index (χ3n) is 2.91. The van der Waals surface area contributed by atoms with Crippen molar-refractivity contribution in [2.24, 2.45) is 0 Å². The molecule has 0 amide bonds. The Morgan fingerprint density at radius 2 is 2.08 bits per heavy atom. The molecule has 3 heteroatoms. The van der Waals surface area contributed by atoms with Gasteiger partial charge in [-0.25, -0.2) is 0 Å². The third kappa shape index (κ3) is 1.63. The van der Waals surface area contributed by atoms with Gasteiger partial charge in [0.2, 0.25) is 0 Å². The average Bonchev–Trinajstić information content (AvgIpc) is 2.50. The van der Waals surface area contributed by atoms with Gasteiger partial charge in [-0.15, -0.1) is 11.8 Å². The van der Waals surface area contributed by atoms with E-state index in [0.717, 1.165) is 5.75 Å². The number of aliphatic hydroxyl groups excluding tert-OH is 1. The molecule has 0 bridgehead atoms. The molecule has 0 unspecified atom stereocenters. The Labute approximate surface area is 78.1 Å². The Kier molecular flexibility index (Phi) is 2.63. The van der Waals surface area contributed by atoms with Crippen molar-refractivity contribution in [3.63, 3.8) is 0 Å². The summed E-state index contributed by atoms with van der Waals surface area (Å²) in [6, 6.07) is 0.355. The molecular formula is C9H17NOS. The van der Waals surface area contributed by atoms with E-state index in [1.165, 1.54) is 32.1 Å². The molecule has 0 radical (unpaired) electrons. The fraction of sp³-hybridized carbons (Fsp3) is 1.00. The molecule has 0 aromatic carbocycles. The van der Waals surface area contributed by atoms with E-state index in [9.17, 15) is 0 Å². The molecular weight excluding hydrogens is 170 g/mol. The van der Waals surface area contributed by atoms with Crippen molar-refractivity contribution in [3.05, 3.63) is 0 Å². The summed E-state index contributed by atoms with van der Waals surface area (Å²) >= 11 is 2.03. The van der Waals surface area contributed by atoms with Crippen LogP contribution in [0.2, 0.25) is 0 Å². The quantitative estimate of drug-likeness (QED) is 0.650. The molecule has 2 aliphatic rings. The summed E-state index contributed by atoms with van der Waals surface area (Å²) in [6.45, 7) is 0.300. The second-order valence-corrected chi connectivity index (χ2v) is 5.29. The van der Waals surface area contributed by atoms with E-state index in [0.29, 0.717) is 17.5 Å². The third-order valence-corrected chi connectivity index (χ3v) is 4.56. The molecule has 1 aliphatic heterocycles. The van der Waals surface area contributed by atoms with Crippen LogP contribution in [0.4, 0.5) is 0 Å². The smallest absolute Gasteiger partial charge is 0.0648 e. The van der Waals surface area contributed by atoms with Crippen molar-refractivity contribution < 1.29 is 5.11 Å². The highest BCUT2D eigenvalue weighted by Gasteiger charge is 2.39. The van der Waals surface area contributed by atoms with Crippen LogP contribution in [0.15, 0.2) is 0 Å². The van der Waals surface area contributed by atoms with E-state index in [-0.39, 0.29) is 0 Å². The van der Waals surface area contributed by atoms with Crippen molar-refractivity contribution in [3.8, 4) is 0 Å². The molecule has 0 aromatic rings. The van der Waals surface area contributed by atoms with Crippen molar-refractivity contribution >= 4 is 11.8 Å². The lowest BCUT2D eigenvalue weighted by Crippen LogP contribution is -2.44. The summed E-state index contributed by atoms with van der Waals surface area (Å²) in [4.78, 5) is 0.353. The van der Waals surface area contributed by atoms with Crippen LogP contribution in [0.5, 0.6) is 0 Å². The molecule has 2 rings (SSSR count). The van der Waals surface area contributed by atoms with Crippen LogP contribution in [-0.4, -0.2) is 28.4 Å². The van der Waals surface area contributed by atoms with Crippen LogP contribution in [0.3, 0.4) is 0 Å². The van der Waals surface area contributed by atoms with Crippen molar-refractivity contribution in [1.29, 1.82) is 0 Å². The fourth-order valence-corrected chi connectivity index (χ4v) is 3.76. The van der Waals surface area contributed by atoms with Crippen molar-refractivity contribution in [1.82, 2.24) is 5.32 Å².